The Labute approximate surface area is 157 Å². The molecule has 3 rings (SSSR count). The first-order valence-corrected chi connectivity index (χ1v) is 8.85. The monoisotopic (exact) mass is 373 g/mol. The minimum atomic E-state index is -0.610. The molecule has 2 aromatic rings. The molecule has 0 atom stereocenters. The molecule has 0 heterocycles. The molecule has 0 aliphatic heterocycles. The molecule has 0 spiro atoms. The number of aryl methyl sites for hydroxylation is 3. The van der Waals surface area contributed by atoms with Crippen molar-refractivity contribution in [3.8, 4) is 5.75 Å². The van der Waals surface area contributed by atoms with Crippen LogP contribution in [0.3, 0.4) is 0 Å². The van der Waals surface area contributed by atoms with Crippen molar-refractivity contribution in [2.75, 3.05) is 18.5 Å². The Morgan fingerprint density at radius 1 is 1.08 bits per heavy atom. The highest BCUT2D eigenvalue weighted by atomic mass is 35.5. The third kappa shape index (κ3) is 4.76. The van der Waals surface area contributed by atoms with E-state index < -0.39 is 5.97 Å². The maximum Gasteiger partial charge on any atom is 0.344 e. The zero-order valence-electron chi connectivity index (χ0n) is 14.5. The number of esters is 1. The highest BCUT2D eigenvalue weighted by Gasteiger charge is 2.13. The van der Waals surface area contributed by atoms with Gasteiger partial charge in [-0.1, -0.05) is 17.7 Å². The Hall–Kier alpha value is -2.53. The summed E-state index contributed by atoms with van der Waals surface area (Å²) in [5, 5.41) is 3.37. The minimum Gasteiger partial charge on any atom is -0.482 e. The number of nitrogens with one attached hydrogen (secondary N) is 1. The molecular weight excluding hydrogens is 354 g/mol. The molecule has 0 radical (unpaired) electrons. The van der Waals surface area contributed by atoms with Gasteiger partial charge in [-0.15, -0.1) is 0 Å². The zero-order valence-corrected chi connectivity index (χ0v) is 15.3. The van der Waals surface area contributed by atoms with E-state index in [2.05, 4.69) is 5.32 Å². The second-order valence-electron chi connectivity index (χ2n) is 6.25. The largest absolute Gasteiger partial charge is 0.482 e. The van der Waals surface area contributed by atoms with Gasteiger partial charge in [0.05, 0.1) is 0 Å². The number of halogens is 1. The maximum absolute atomic E-state index is 11.9. The number of hydrogen-bond acceptors (Lipinski definition) is 4. The average Bonchev–Trinajstić information content (AvgIpc) is 3.08. The van der Waals surface area contributed by atoms with Gasteiger partial charge in [-0.25, -0.2) is 4.79 Å². The van der Waals surface area contributed by atoms with Crippen LogP contribution in [-0.2, 0) is 27.2 Å². The molecule has 0 saturated heterocycles. The van der Waals surface area contributed by atoms with Gasteiger partial charge in [0.25, 0.3) is 5.91 Å². The van der Waals surface area contributed by atoms with Gasteiger partial charge in [0.2, 0.25) is 0 Å². The van der Waals surface area contributed by atoms with Crippen molar-refractivity contribution in [2.45, 2.75) is 26.2 Å². The second-order valence-corrected chi connectivity index (χ2v) is 6.65. The van der Waals surface area contributed by atoms with E-state index >= 15 is 0 Å². The number of carbonyl (C=O) groups excluding carboxylic acids is 2. The average molecular weight is 374 g/mol. The second kappa shape index (κ2) is 8.23. The summed E-state index contributed by atoms with van der Waals surface area (Å²) in [5.41, 5.74) is 4.18. The van der Waals surface area contributed by atoms with Crippen molar-refractivity contribution in [1.82, 2.24) is 0 Å². The Bertz CT molecular complexity index is 835. The fraction of sp³-hybridized carbons (Fsp3) is 0.300. The lowest BCUT2D eigenvalue weighted by atomic mass is 10.1. The van der Waals surface area contributed by atoms with Crippen LogP contribution in [0.4, 0.5) is 5.69 Å². The van der Waals surface area contributed by atoms with Gasteiger partial charge in [-0.2, -0.15) is 0 Å². The SMILES string of the molecule is Cc1cc(OCC(=O)OCC(=O)Nc2ccc3c(c2)CCC3)ccc1Cl. The highest BCUT2D eigenvalue weighted by molar-refractivity contribution is 6.31. The topological polar surface area (TPSA) is 64.6 Å². The van der Waals surface area contributed by atoms with E-state index in [1.165, 1.54) is 11.1 Å². The lowest BCUT2D eigenvalue weighted by Gasteiger charge is -2.09. The molecule has 136 valence electrons. The van der Waals surface area contributed by atoms with Crippen LogP contribution in [0.15, 0.2) is 36.4 Å². The molecule has 26 heavy (non-hydrogen) atoms. The van der Waals surface area contributed by atoms with Gasteiger partial charge in [0.1, 0.15) is 5.75 Å². The van der Waals surface area contributed by atoms with Crippen LogP contribution in [0.1, 0.15) is 23.1 Å². The van der Waals surface area contributed by atoms with Crippen LogP contribution in [0, 0.1) is 6.92 Å². The summed E-state index contributed by atoms with van der Waals surface area (Å²) < 4.78 is 10.3. The van der Waals surface area contributed by atoms with E-state index in [1.54, 1.807) is 18.2 Å². The van der Waals surface area contributed by atoms with E-state index in [4.69, 9.17) is 21.1 Å². The maximum atomic E-state index is 11.9. The molecule has 0 bridgehead atoms. The highest BCUT2D eigenvalue weighted by Crippen LogP contribution is 2.25. The first-order valence-electron chi connectivity index (χ1n) is 8.47. The molecular formula is C20H20ClNO4. The molecule has 1 amide bonds. The number of carbonyl (C=O) groups is 2. The van der Waals surface area contributed by atoms with Crippen molar-refractivity contribution in [3.63, 3.8) is 0 Å². The summed E-state index contributed by atoms with van der Waals surface area (Å²) in [5.74, 6) is -0.466. The minimum absolute atomic E-state index is 0.271. The quantitative estimate of drug-likeness (QED) is 0.784. The van der Waals surface area contributed by atoms with Crippen molar-refractivity contribution in [1.29, 1.82) is 0 Å². The summed E-state index contributed by atoms with van der Waals surface area (Å²) >= 11 is 5.93. The molecule has 1 N–H and O–H groups in total. The van der Waals surface area contributed by atoms with Crippen LogP contribution in [0.5, 0.6) is 5.75 Å². The van der Waals surface area contributed by atoms with Gasteiger partial charge in [-0.3, -0.25) is 4.79 Å². The van der Waals surface area contributed by atoms with Gasteiger partial charge < -0.3 is 14.8 Å². The van der Waals surface area contributed by atoms with E-state index in [0.717, 1.165) is 30.5 Å². The molecule has 6 heteroatoms. The Kier molecular flexibility index (Phi) is 5.78. The van der Waals surface area contributed by atoms with Crippen molar-refractivity contribution >= 4 is 29.2 Å². The van der Waals surface area contributed by atoms with E-state index in [-0.39, 0.29) is 19.1 Å². The summed E-state index contributed by atoms with van der Waals surface area (Å²) in [7, 11) is 0. The molecule has 0 unspecified atom stereocenters. The van der Waals surface area contributed by atoms with Crippen molar-refractivity contribution in [2.24, 2.45) is 0 Å². The molecule has 5 nitrogen and oxygen atoms in total. The number of hydrogen-bond donors (Lipinski definition) is 1. The molecule has 1 aliphatic rings. The number of amides is 1. The molecule has 0 aromatic heterocycles. The van der Waals surface area contributed by atoms with Gasteiger partial charge in [-0.05, 0) is 73.2 Å². The van der Waals surface area contributed by atoms with Crippen LogP contribution < -0.4 is 10.1 Å². The fourth-order valence-electron chi connectivity index (χ4n) is 2.88. The van der Waals surface area contributed by atoms with E-state index in [1.807, 2.05) is 25.1 Å². The third-order valence-electron chi connectivity index (χ3n) is 4.23. The normalized spacial score (nSPS) is 12.4. The van der Waals surface area contributed by atoms with Gasteiger partial charge in [0.15, 0.2) is 13.2 Å². The summed E-state index contributed by atoms with van der Waals surface area (Å²) in [6.45, 7) is 1.23. The first kappa shape index (κ1) is 18.3. The lowest BCUT2D eigenvalue weighted by Crippen LogP contribution is -2.23. The van der Waals surface area contributed by atoms with Crippen LogP contribution >= 0.6 is 11.6 Å². The van der Waals surface area contributed by atoms with Gasteiger partial charge >= 0.3 is 5.97 Å². The van der Waals surface area contributed by atoms with Crippen LogP contribution in [0.25, 0.3) is 0 Å². The number of anilines is 1. The molecule has 0 saturated carbocycles. The Balaban J connectivity index is 1.42. The Morgan fingerprint density at radius 3 is 2.69 bits per heavy atom. The predicted octanol–water partition coefficient (Wildman–Crippen LogP) is 3.70. The Morgan fingerprint density at radius 2 is 1.88 bits per heavy atom. The lowest BCUT2D eigenvalue weighted by molar-refractivity contribution is -0.149. The summed E-state index contributed by atoms with van der Waals surface area (Å²) in [6.07, 6.45) is 3.28. The third-order valence-corrected chi connectivity index (χ3v) is 4.66. The van der Waals surface area contributed by atoms with Crippen LogP contribution in [0.2, 0.25) is 5.02 Å². The van der Waals surface area contributed by atoms with Crippen molar-refractivity contribution in [3.05, 3.63) is 58.1 Å². The van der Waals surface area contributed by atoms with E-state index in [0.29, 0.717) is 10.8 Å². The summed E-state index contributed by atoms with van der Waals surface area (Å²) in [4.78, 5) is 23.7. The van der Waals surface area contributed by atoms with Crippen LogP contribution in [-0.4, -0.2) is 25.1 Å². The number of rotatable bonds is 6. The number of fused-ring (bicyclic) bond motifs is 1. The fourth-order valence-corrected chi connectivity index (χ4v) is 3.00. The molecule has 1 aliphatic carbocycles. The number of ether oxygens (including phenoxy) is 2. The first-order chi connectivity index (χ1) is 12.5. The standard InChI is InChI=1S/C20H20ClNO4/c1-13-9-17(7-8-18(13)21)25-12-20(24)26-11-19(23)22-16-6-5-14-3-2-4-15(14)10-16/h5-10H,2-4,11-12H2,1H3,(H,22,23). The zero-order chi connectivity index (χ0) is 18.5. The smallest absolute Gasteiger partial charge is 0.344 e. The molecule has 2 aromatic carbocycles. The predicted molar refractivity (Wildman–Crippen MR) is 99.7 cm³/mol. The van der Waals surface area contributed by atoms with Gasteiger partial charge in [0, 0.05) is 10.7 Å². The van der Waals surface area contributed by atoms with Crippen molar-refractivity contribution < 1.29 is 19.1 Å². The molecule has 0 fully saturated rings. The number of benzene rings is 2. The van der Waals surface area contributed by atoms with E-state index in [9.17, 15) is 9.59 Å². The summed E-state index contributed by atoms with van der Waals surface area (Å²) in [6, 6.07) is 11.0.